The number of nitrogen functional groups attached to an aromatic ring is 1. The number of fused-ring (bicyclic) bond motifs is 1. The number of ether oxygens (including phenoxy) is 1. The molecule has 2 aromatic heterocycles. The molecular weight excluding hydrogens is 506 g/mol. The molecule has 0 spiro atoms. The molecule has 10 heteroatoms. The molecule has 0 unspecified atom stereocenters. The van der Waals surface area contributed by atoms with Crippen molar-refractivity contribution < 1.29 is 39.5 Å². The molecule has 10 nitrogen and oxygen atoms in total. The van der Waals surface area contributed by atoms with Gasteiger partial charge < -0.3 is 25.6 Å². The first-order valence-electron chi connectivity index (χ1n) is 21.2. The average Bonchev–Trinajstić information content (AvgIpc) is 3.64. The first-order chi connectivity index (χ1) is 27.0. The van der Waals surface area contributed by atoms with Crippen LogP contribution < -0.4 is 16.0 Å². The lowest BCUT2D eigenvalue weighted by Crippen LogP contribution is -2.29. The van der Waals surface area contributed by atoms with Gasteiger partial charge in [-0.25, -0.2) is 14.8 Å². The van der Waals surface area contributed by atoms with Crippen LogP contribution in [0, 0.1) is 6.92 Å². The van der Waals surface area contributed by atoms with Crippen molar-refractivity contribution in [2.45, 2.75) is 33.8 Å². The van der Waals surface area contributed by atoms with E-state index in [0.29, 0.717) is 16.9 Å². The van der Waals surface area contributed by atoms with Gasteiger partial charge in [0.2, 0.25) is 11.9 Å². The van der Waals surface area contributed by atoms with E-state index in [1.54, 1.807) is 24.6 Å². The number of likely N-dealkylation sites (N-methyl/N-ethyl adjacent to an activating group) is 2. The average molecular weight is 596 g/mol. The van der Waals surface area contributed by atoms with E-state index < -0.39 is 5.97 Å². The van der Waals surface area contributed by atoms with Crippen molar-refractivity contribution in [3.63, 3.8) is 0 Å². The van der Waals surface area contributed by atoms with Gasteiger partial charge in [0.05, 0.1) is 28.7 Å². The minimum absolute atomic E-state index is 0. The zero-order valence-electron chi connectivity index (χ0n) is 40.1. The van der Waals surface area contributed by atoms with E-state index >= 15 is 0 Å². The lowest BCUT2D eigenvalue weighted by atomic mass is 10.1. The van der Waals surface area contributed by atoms with Crippen molar-refractivity contribution in [2.75, 3.05) is 50.2 Å². The van der Waals surface area contributed by atoms with E-state index in [1.165, 1.54) is 13.1 Å². The fraction of sp³-hybridized carbons (Fsp3) is 0.333. The largest absolute Gasteiger partial charge is 0.459 e. The Morgan fingerprint density at radius 3 is 2.58 bits per heavy atom. The van der Waals surface area contributed by atoms with Crippen LogP contribution in [0.15, 0.2) is 48.8 Å². The summed E-state index contributed by atoms with van der Waals surface area (Å²) in [6, 6.07) is 11.4. The maximum Gasteiger partial charge on any atom is 0.342 e. The molecular formula is C30H55N7O3. The Hall–Kier alpha value is -4.44. The number of para-hydroxylation sites is 1. The van der Waals surface area contributed by atoms with Crippen LogP contribution in [-0.2, 0) is 4.74 Å². The van der Waals surface area contributed by atoms with Crippen molar-refractivity contribution >= 4 is 45.8 Å². The number of aromatic nitrogens is 3. The van der Waals surface area contributed by atoms with Gasteiger partial charge in [0.15, 0.2) is 0 Å². The molecule has 0 amide bonds. The highest BCUT2D eigenvalue weighted by molar-refractivity contribution is 6.05. The number of anilines is 4. The van der Waals surface area contributed by atoms with Crippen LogP contribution in [0.4, 0.5) is 23.0 Å². The summed E-state index contributed by atoms with van der Waals surface area (Å²) in [6.07, 6.45) is 2.83. The molecule has 0 saturated heterocycles. The Morgan fingerprint density at radius 2 is 1.90 bits per heavy atom. The summed E-state index contributed by atoms with van der Waals surface area (Å²) in [5.41, 5.74) is 11.6. The maximum absolute atomic E-state index is 13.1. The third kappa shape index (κ3) is 6.07. The second kappa shape index (κ2) is 11.7. The Kier molecular flexibility index (Phi) is 5.75. The Morgan fingerprint density at radius 1 is 1.18 bits per heavy atom. The topological polar surface area (TPSA) is 119 Å². The summed E-state index contributed by atoms with van der Waals surface area (Å²) in [5, 5.41) is 4.05. The van der Waals surface area contributed by atoms with Crippen molar-refractivity contribution in [1.29, 1.82) is 0 Å². The van der Waals surface area contributed by atoms with Gasteiger partial charge in [0.1, 0.15) is 5.56 Å². The van der Waals surface area contributed by atoms with Gasteiger partial charge >= 0.3 is 5.97 Å². The Labute approximate surface area is 260 Å². The molecule has 2 heterocycles. The predicted molar refractivity (Wildman–Crippen MR) is 180 cm³/mol. The molecule has 0 radical (unpaired) electrons. The predicted octanol–water partition coefficient (Wildman–Crippen LogP) is 7.17. The molecule has 0 fully saturated rings. The normalized spacial score (nSPS) is 12.9. The van der Waals surface area contributed by atoms with Crippen molar-refractivity contribution in [1.82, 2.24) is 19.4 Å². The van der Waals surface area contributed by atoms with Gasteiger partial charge in [-0.05, 0) is 58.6 Å². The van der Waals surface area contributed by atoms with Crippen LogP contribution in [0.2, 0.25) is 0 Å². The van der Waals surface area contributed by atoms with E-state index in [1.807, 2.05) is 64.5 Å². The molecule has 4 aromatic rings. The number of hydrogen-bond acceptors (Lipinski definition) is 9. The number of carbonyl (C=O) groups excluding carboxylic acids is 2. The highest BCUT2D eigenvalue weighted by Gasteiger charge is 2.23. The molecule has 0 saturated carbocycles. The molecule has 2 aromatic carbocycles. The van der Waals surface area contributed by atoms with Crippen LogP contribution >= 0.6 is 0 Å². The van der Waals surface area contributed by atoms with Crippen LogP contribution in [-0.4, -0.2) is 71.6 Å². The van der Waals surface area contributed by atoms with Gasteiger partial charge in [0, 0.05) is 81.3 Å². The van der Waals surface area contributed by atoms with Crippen LogP contribution in [0.1, 0.15) is 66.7 Å². The molecule has 3 N–H and O–H groups in total. The monoisotopic (exact) mass is 596 g/mol. The first-order valence-corrected chi connectivity index (χ1v) is 13.2. The van der Waals surface area contributed by atoms with Gasteiger partial charge in [-0.15, -0.1) is 0 Å². The highest BCUT2D eigenvalue weighted by Crippen LogP contribution is 2.34. The second-order valence-electron chi connectivity index (χ2n) is 10.4. The number of nitrogens with one attached hydrogen (secondary N) is 1. The minimum Gasteiger partial charge on any atom is -0.459 e. The van der Waals surface area contributed by atoms with Crippen LogP contribution in [0.5, 0.6) is 0 Å². The van der Waals surface area contributed by atoms with Gasteiger partial charge in [0.25, 0.3) is 0 Å². The van der Waals surface area contributed by atoms with E-state index in [2.05, 4.69) is 20.1 Å². The van der Waals surface area contributed by atoms with Crippen molar-refractivity contribution in [2.24, 2.45) is 0 Å². The summed E-state index contributed by atoms with van der Waals surface area (Å²) < 4.78 is 87.0. The zero-order chi connectivity index (χ0) is 45.1. The number of benzene rings is 2. The van der Waals surface area contributed by atoms with Gasteiger partial charge in [-0.3, -0.25) is 9.36 Å². The first kappa shape index (κ1) is 19.6. The number of rotatable bonds is 9. The summed E-state index contributed by atoms with van der Waals surface area (Å²) in [5.74, 6) is -0.406. The lowest BCUT2D eigenvalue weighted by Gasteiger charge is -2.24. The molecule has 0 aliphatic rings. The second-order valence-corrected chi connectivity index (χ2v) is 10.4. The van der Waals surface area contributed by atoms with Crippen molar-refractivity contribution in [3.8, 4) is 11.3 Å². The SMILES string of the molecule is CC(=O)n1cc(-c2nc(Nc3cc(N)c(N(C)CCN(C)C)cc3C)ncc2C(=O)OC(C)C)c2ccccc21.[3HH].[3H][3H].[3H][3H].[3H][3H].[3H][3H].[3H][3H].[3H][3H].[3H][3H].[3H][3H]. The van der Waals surface area contributed by atoms with Gasteiger partial charge in [-0.1, -0.05) is 18.2 Å². The fourth-order valence-corrected chi connectivity index (χ4v) is 4.47. The molecule has 0 bridgehead atoms. The summed E-state index contributed by atoms with van der Waals surface area (Å²) in [7, 11) is 6.09. The van der Waals surface area contributed by atoms with E-state index in [0.717, 1.165) is 40.9 Å². The third-order valence-corrected chi connectivity index (χ3v) is 6.57. The molecule has 0 aliphatic carbocycles. The molecule has 228 valence electrons. The van der Waals surface area contributed by atoms with Crippen molar-refractivity contribution in [3.05, 3.63) is 59.9 Å². The standard InChI is InChI=1S/C30H37N7O3.9H2/c1-18(2)40-29(39)22-16-32-30(33-25-15-24(31)27(14-19(25)3)36(7)13-12-35(5)6)34-28(22)23-17-37(20(4)38)26-11-9-8-10-21(23)26;;;;;;;;;/h8-11,14-18H,12-13,31H2,1-7H3,(H,32,33,34);9*1H/i;8*1+2T;1+2. The number of aryl methyl sites for hydroxylation is 1. The van der Waals surface area contributed by atoms with E-state index in [4.69, 9.17) is 39.2 Å². The zero-order valence-corrected chi connectivity index (χ0v) is 24.1. The smallest absolute Gasteiger partial charge is 0.342 e. The van der Waals surface area contributed by atoms with Crippen LogP contribution in [0.25, 0.3) is 22.2 Å². The van der Waals surface area contributed by atoms with E-state index in [-0.39, 0.29) is 24.9 Å². The van der Waals surface area contributed by atoms with E-state index in [9.17, 15) is 9.59 Å². The summed E-state index contributed by atoms with van der Waals surface area (Å²) in [6.45, 7) is 8.77. The summed E-state index contributed by atoms with van der Waals surface area (Å²) in [4.78, 5) is 38.9. The lowest BCUT2D eigenvalue weighted by molar-refractivity contribution is 0.0378. The molecule has 0 atom stereocenters. The minimum atomic E-state index is -0.540. The Bertz CT molecular complexity index is 1610. The fourth-order valence-electron chi connectivity index (χ4n) is 4.47. The molecule has 4 rings (SSSR count). The number of esters is 1. The number of nitrogens with zero attached hydrogens (tertiary/aromatic N) is 5. The molecule has 40 heavy (non-hydrogen) atoms. The number of nitrogens with two attached hydrogens (primary N) is 1. The Balaban J connectivity index is -0.000000341. The number of hydrogen-bond donors (Lipinski definition) is 2. The summed E-state index contributed by atoms with van der Waals surface area (Å²) >= 11 is 0. The maximum atomic E-state index is 13.1. The number of carbonyl (C=O) groups is 2. The third-order valence-electron chi connectivity index (χ3n) is 6.57. The molecule has 0 aliphatic heterocycles. The quantitative estimate of drug-likeness (QED) is 0.153. The van der Waals surface area contributed by atoms with Crippen LogP contribution in [0.3, 0.4) is 0 Å². The van der Waals surface area contributed by atoms with Gasteiger partial charge in [-0.2, -0.15) is 0 Å². The highest BCUT2D eigenvalue weighted by atomic mass is 16.5.